The van der Waals surface area contributed by atoms with E-state index >= 15 is 0 Å². The van der Waals surface area contributed by atoms with Crippen molar-refractivity contribution >= 4 is 17.5 Å². The maximum atomic E-state index is 12.5. The van der Waals surface area contributed by atoms with Gasteiger partial charge in [0.15, 0.2) is 0 Å². The lowest BCUT2D eigenvalue weighted by Gasteiger charge is -2.27. The summed E-state index contributed by atoms with van der Waals surface area (Å²) in [5.74, 6) is -0.260. The molecule has 7 nitrogen and oxygen atoms in total. The highest BCUT2D eigenvalue weighted by atomic mass is 35.5. The van der Waals surface area contributed by atoms with Crippen LogP contribution in [0.1, 0.15) is 37.0 Å². The minimum Gasteiger partial charge on any atom is -0.350 e. The third kappa shape index (κ3) is 3.61. The summed E-state index contributed by atoms with van der Waals surface area (Å²) in [6, 6.07) is 4.97. The van der Waals surface area contributed by atoms with Crippen LogP contribution in [0, 0.1) is 0 Å². The molecule has 0 aliphatic rings. The third-order valence-corrected chi connectivity index (χ3v) is 4.04. The summed E-state index contributed by atoms with van der Waals surface area (Å²) < 4.78 is 1.42. The number of nitrogens with one attached hydrogen (secondary N) is 1. The van der Waals surface area contributed by atoms with Gasteiger partial charge in [0, 0.05) is 17.1 Å². The van der Waals surface area contributed by atoms with E-state index in [4.69, 9.17) is 17.3 Å². The fourth-order valence-corrected chi connectivity index (χ4v) is 2.19. The Labute approximate surface area is 133 Å². The van der Waals surface area contributed by atoms with Crippen molar-refractivity contribution in [3.05, 3.63) is 35.1 Å². The van der Waals surface area contributed by atoms with E-state index in [0.29, 0.717) is 22.8 Å². The number of carbonyl (C=O) groups excluding carboxylic acids is 1. The zero-order valence-corrected chi connectivity index (χ0v) is 13.3. The first kappa shape index (κ1) is 16.4. The zero-order chi connectivity index (χ0) is 16.2. The Bertz CT molecular complexity index is 639. The van der Waals surface area contributed by atoms with Gasteiger partial charge in [0.1, 0.15) is 6.33 Å². The number of nitrogens with zero attached hydrogens (tertiary/aromatic N) is 4. The highest BCUT2D eigenvalue weighted by molar-refractivity contribution is 6.31. The van der Waals surface area contributed by atoms with Gasteiger partial charge in [-0.2, -0.15) is 4.68 Å². The van der Waals surface area contributed by atoms with E-state index < -0.39 is 5.54 Å². The molecule has 3 N–H and O–H groups in total. The van der Waals surface area contributed by atoms with Crippen LogP contribution in [0.25, 0.3) is 5.69 Å². The molecule has 22 heavy (non-hydrogen) atoms. The zero-order valence-electron chi connectivity index (χ0n) is 12.6. The average molecular weight is 323 g/mol. The highest BCUT2D eigenvalue weighted by Crippen LogP contribution is 2.19. The van der Waals surface area contributed by atoms with Crippen LogP contribution in [0.2, 0.25) is 5.02 Å². The topological polar surface area (TPSA) is 98.7 Å². The Hall–Kier alpha value is -1.99. The summed E-state index contributed by atoms with van der Waals surface area (Å²) in [6.45, 7) is 4.39. The van der Waals surface area contributed by atoms with Crippen LogP contribution in [-0.2, 0) is 0 Å². The third-order valence-electron chi connectivity index (χ3n) is 3.81. The van der Waals surface area contributed by atoms with E-state index in [9.17, 15) is 4.79 Å². The summed E-state index contributed by atoms with van der Waals surface area (Å²) in [5.41, 5.74) is 6.75. The summed E-state index contributed by atoms with van der Waals surface area (Å²) in [6.07, 6.45) is 2.98. The van der Waals surface area contributed by atoms with E-state index in [1.54, 1.807) is 18.2 Å². The molecule has 118 valence electrons. The van der Waals surface area contributed by atoms with Crippen LogP contribution in [0.5, 0.6) is 0 Å². The normalized spacial score (nSPS) is 11.5. The van der Waals surface area contributed by atoms with Gasteiger partial charge in [-0.05, 0) is 41.5 Å². The fraction of sp³-hybridized carbons (Fsp3) is 0.429. The molecule has 0 spiro atoms. The number of nitrogens with two attached hydrogens (primary N) is 1. The van der Waals surface area contributed by atoms with Gasteiger partial charge >= 0.3 is 0 Å². The predicted octanol–water partition coefficient (Wildman–Crippen LogP) is 1.56. The van der Waals surface area contributed by atoms with Gasteiger partial charge in [-0.15, -0.1) is 5.10 Å². The lowest BCUT2D eigenvalue weighted by molar-refractivity contribution is 0.0942. The second kappa shape index (κ2) is 6.85. The van der Waals surface area contributed by atoms with Crippen molar-refractivity contribution in [3.8, 4) is 5.69 Å². The molecule has 1 heterocycles. The number of halogens is 1. The molecule has 0 fully saturated rings. The molecule has 0 radical (unpaired) electrons. The number of aromatic nitrogens is 4. The van der Waals surface area contributed by atoms with Crippen molar-refractivity contribution in [1.82, 2.24) is 25.5 Å². The van der Waals surface area contributed by atoms with Crippen LogP contribution in [0.15, 0.2) is 24.5 Å². The molecule has 0 aliphatic heterocycles. The number of hydrogen-bond acceptors (Lipinski definition) is 5. The maximum Gasteiger partial charge on any atom is 0.253 e. The molecule has 1 amide bonds. The average Bonchev–Trinajstić information content (AvgIpc) is 3.06. The van der Waals surface area contributed by atoms with Crippen LogP contribution in [0.3, 0.4) is 0 Å². The summed E-state index contributed by atoms with van der Waals surface area (Å²) in [5, 5.41) is 14.3. The van der Waals surface area contributed by atoms with Gasteiger partial charge in [-0.3, -0.25) is 4.79 Å². The molecule has 2 aromatic rings. The molecule has 0 unspecified atom stereocenters. The molecular weight excluding hydrogens is 304 g/mol. The molecule has 2 rings (SSSR count). The SMILES string of the molecule is CCC(N)(CC)CNC(=O)c1cc(Cl)ccc1-n1cnnn1. The first-order valence-corrected chi connectivity index (χ1v) is 7.47. The van der Waals surface area contributed by atoms with Crippen LogP contribution in [-0.4, -0.2) is 38.2 Å². The first-order chi connectivity index (χ1) is 10.5. The fourth-order valence-electron chi connectivity index (χ4n) is 2.01. The standard InChI is InChI=1S/C14H19ClN6O/c1-3-14(16,4-2)8-17-13(22)11-7-10(15)5-6-12(11)21-9-18-19-20-21/h5-7,9H,3-4,8,16H2,1-2H3,(H,17,22). The van der Waals surface area contributed by atoms with E-state index in [2.05, 4.69) is 20.8 Å². The van der Waals surface area contributed by atoms with Crippen LogP contribution in [0.4, 0.5) is 0 Å². The number of amides is 1. The second-order valence-corrected chi connectivity index (χ2v) is 5.60. The lowest BCUT2D eigenvalue weighted by atomic mass is 9.94. The minimum atomic E-state index is -0.413. The van der Waals surface area contributed by atoms with Gasteiger partial charge < -0.3 is 11.1 Å². The molecule has 8 heteroatoms. The van der Waals surface area contributed by atoms with Gasteiger partial charge in [-0.25, -0.2) is 0 Å². The number of hydrogen-bond donors (Lipinski definition) is 2. The molecule has 0 saturated carbocycles. The van der Waals surface area contributed by atoms with Gasteiger partial charge in [-0.1, -0.05) is 25.4 Å². The lowest BCUT2D eigenvalue weighted by Crippen LogP contribution is -2.49. The van der Waals surface area contributed by atoms with Gasteiger partial charge in [0.2, 0.25) is 0 Å². The first-order valence-electron chi connectivity index (χ1n) is 7.09. The summed E-state index contributed by atoms with van der Waals surface area (Å²) >= 11 is 6.00. The largest absolute Gasteiger partial charge is 0.350 e. The number of carbonyl (C=O) groups is 1. The number of benzene rings is 1. The maximum absolute atomic E-state index is 12.5. The summed E-state index contributed by atoms with van der Waals surface area (Å²) in [4.78, 5) is 12.5. The Morgan fingerprint density at radius 3 is 2.73 bits per heavy atom. The number of tetrazole rings is 1. The van der Waals surface area contributed by atoms with E-state index in [1.807, 2.05) is 13.8 Å². The molecule has 1 aromatic heterocycles. The quantitative estimate of drug-likeness (QED) is 0.841. The molecular formula is C14H19ClN6O. The van der Waals surface area contributed by atoms with Crippen molar-refractivity contribution in [2.75, 3.05) is 6.54 Å². The molecule has 0 saturated heterocycles. The van der Waals surface area contributed by atoms with Crippen molar-refractivity contribution in [1.29, 1.82) is 0 Å². The van der Waals surface area contributed by atoms with Crippen LogP contribution < -0.4 is 11.1 Å². The smallest absolute Gasteiger partial charge is 0.253 e. The molecule has 0 aliphatic carbocycles. The van der Waals surface area contributed by atoms with Gasteiger partial charge in [0.25, 0.3) is 5.91 Å². The Balaban J connectivity index is 2.24. The highest BCUT2D eigenvalue weighted by Gasteiger charge is 2.22. The molecule has 0 bridgehead atoms. The molecule has 0 atom stereocenters. The van der Waals surface area contributed by atoms with E-state index in [-0.39, 0.29) is 5.91 Å². The second-order valence-electron chi connectivity index (χ2n) is 5.17. The Morgan fingerprint density at radius 1 is 1.41 bits per heavy atom. The number of rotatable bonds is 6. The molecule has 1 aromatic carbocycles. The van der Waals surface area contributed by atoms with Gasteiger partial charge in [0.05, 0.1) is 11.3 Å². The van der Waals surface area contributed by atoms with E-state index in [1.165, 1.54) is 11.0 Å². The monoisotopic (exact) mass is 322 g/mol. The van der Waals surface area contributed by atoms with Crippen molar-refractivity contribution < 1.29 is 4.79 Å². The van der Waals surface area contributed by atoms with Crippen molar-refractivity contribution in [3.63, 3.8) is 0 Å². The predicted molar refractivity (Wildman–Crippen MR) is 84.0 cm³/mol. The Kier molecular flexibility index (Phi) is 5.10. The van der Waals surface area contributed by atoms with Crippen molar-refractivity contribution in [2.24, 2.45) is 5.73 Å². The van der Waals surface area contributed by atoms with E-state index in [0.717, 1.165) is 12.8 Å². The van der Waals surface area contributed by atoms with Crippen molar-refractivity contribution in [2.45, 2.75) is 32.2 Å². The van der Waals surface area contributed by atoms with Crippen LogP contribution >= 0.6 is 11.6 Å². The summed E-state index contributed by atoms with van der Waals surface area (Å²) in [7, 11) is 0. The Morgan fingerprint density at radius 2 is 2.14 bits per heavy atom. The minimum absolute atomic E-state index is 0.260.